The number of benzene rings is 1. The number of rotatable bonds is 4. The minimum Gasteiger partial charge on any atom is -0.413 e. The van der Waals surface area contributed by atoms with Gasteiger partial charge >= 0.3 is 10.2 Å². The molecular weight excluding hydrogens is 387 g/mol. The van der Waals surface area contributed by atoms with Crippen LogP contribution in [0.15, 0.2) is 29.2 Å². The summed E-state index contributed by atoms with van der Waals surface area (Å²) in [5, 5.41) is -0.0271. The Bertz CT molecular complexity index is 666. The fourth-order valence-electron chi connectivity index (χ4n) is 3.16. The minimum atomic E-state index is -9.67. The van der Waals surface area contributed by atoms with E-state index in [0.717, 1.165) is 25.3 Å². The predicted molar refractivity (Wildman–Crippen MR) is 101 cm³/mol. The molecule has 8 heteroatoms. The van der Waals surface area contributed by atoms with Crippen molar-refractivity contribution < 1.29 is 23.9 Å². The molecule has 1 aliphatic carbocycles. The summed E-state index contributed by atoms with van der Waals surface area (Å²) in [4.78, 5) is -1.81. The fourth-order valence-corrected chi connectivity index (χ4v) is 5.25. The minimum absolute atomic E-state index is 0.0271. The van der Waals surface area contributed by atoms with E-state index in [1.165, 1.54) is 6.07 Å². The maximum Gasteiger partial charge on any atom is 0.310 e. The molecular formula is C18H29F5OSSi. The van der Waals surface area contributed by atoms with Crippen LogP contribution in [0.1, 0.15) is 57.9 Å². The van der Waals surface area contributed by atoms with E-state index in [2.05, 4.69) is 33.9 Å². The smallest absolute Gasteiger partial charge is 0.310 e. The Morgan fingerprint density at radius 1 is 1.00 bits per heavy atom. The van der Waals surface area contributed by atoms with Crippen LogP contribution in [0.5, 0.6) is 0 Å². The molecule has 1 fully saturated rings. The molecule has 0 spiro atoms. The van der Waals surface area contributed by atoms with Gasteiger partial charge in [0, 0.05) is 5.92 Å². The van der Waals surface area contributed by atoms with E-state index >= 15 is 0 Å². The normalized spacial score (nSPS) is 25.5. The monoisotopic (exact) mass is 416 g/mol. The quantitative estimate of drug-likeness (QED) is 0.354. The standard InChI is InChI=1S/C18H29F5OSSi/c1-18(2,3)26(4,5)24-17-12-7-6-11-16(17)14-9-8-10-15(13-14)25(19,20,21,22)23/h8-10,13,16-17H,6-7,11-12H2,1-5H3/t16-,17+/m0/s1. The van der Waals surface area contributed by atoms with Crippen molar-refractivity contribution in [3.63, 3.8) is 0 Å². The van der Waals surface area contributed by atoms with E-state index in [-0.39, 0.29) is 17.1 Å². The van der Waals surface area contributed by atoms with Gasteiger partial charge in [-0.2, -0.15) is 0 Å². The topological polar surface area (TPSA) is 9.23 Å². The predicted octanol–water partition coefficient (Wildman–Crippen LogP) is 8.39. The Hall–Kier alpha value is -0.603. The third-order valence-corrected chi connectivity index (χ3v) is 11.3. The second-order valence-electron chi connectivity index (χ2n) is 8.85. The van der Waals surface area contributed by atoms with Crippen molar-refractivity contribution in [2.24, 2.45) is 0 Å². The molecule has 0 saturated heterocycles. The molecule has 152 valence electrons. The Labute approximate surface area is 154 Å². The lowest BCUT2D eigenvalue weighted by molar-refractivity contribution is 0.114. The molecule has 0 unspecified atom stereocenters. The molecule has 1 aromatic rings. The van der Waals surface area contributed by atoms with Crippen LogP contribution in [0.2, 0.25) is 18.1 Å². The van der Waals surface area contributed by atoms with E-state index in [1.807, 2.05) is 0 Å². The molecule has 1 nitrogen and oxygen atoms in total. The van der Waals surface area contributed by atoms with Gasteiger partial charge in [-0.1, -0.05) is 65.2 Å². The van der Waals surface area contributed by atoms with Gasteiger partial charge < -0.3 is 4.43 Å². The molecule has 0 radical (unpaired) electrons. The van der Waals surface area contributed by atoms with Crippen molar-refractivity contribution >= 4 is 18.5 Å². The summed E-state index contributed by atoms with van der Waals surface area (Å²) >= 11 is 0. The third-order valence-electron chi connectivity index (χ3n) is 5.69. The van der Waals surface area contributed by atoms with Gasteiger partial charge in [0.25, 0.3) is 0 Å². The van der Waals surface area contributed by atoms with E-state index < -0.39 is 23.4 Å². The first-order valence-corrected chi connectivity index (χ1v) is 13.8. The van der Waals surface area contributed by atoms with E-state index in [9.17, 15) is 19.4 Å². The van der Waals surface area contributed by atoms with Crippen LogP contribution in [0, 0.1) is 0 Å². The second kappa shape index (κ2) is 5.94. The van der Waals surface area contributed by atoms with Crippen molar-refractivity contribution in [3.05, 3.63) is 29.8 Å². The van der Waals surface area contributed by atoms with Crippen molar-refractivity contribution in [1.82, 2.24) is 0 Å². The van der Waals surface area contributed by atoms with Crippen LogP contribution in [0.3, 0.4) is 0 Å². The zero-order valence-electron chi connectivity index (χ0n) is 16.0. The van der Waals surface area contributed by atoms with Gasteiger partial charge in [0.2, 0.25) is 0 Å². The van der Waals surface area contributed by atoms with Gasteiger partial charge in [0.05, 0.1) is 6.10 Å². The lowest BCUT2D eigenvalue weighted by atomic mass is 9.82. The first kappa shape index (κ1) is 21.7. The molecule has 1 aromatic carbocycles. The highest BCUT2D eigenvalue weighted by molar-refractivity contribution is 8.45. The van der Waals surface area contributed by atoms with E-state index in [0.29, 0.717) is 24.1 Å². The third kappa shape index (κ3) is 5.01. The van der Waals surface area contributed by atoms with Crippen LogP contribution < -0.4 is 0 Å². The maximum atomic E-state index is 13.2. The zero-order valence-corrected chi connectivity index (χ0v) is 17.8. The van der Waals surface area contributed by atoms with E-state index in [4.69, 9.17) is 4.43 Å². The molecule has 2 rings (SSSR count). The molecule has 0 aromatic heterocycles. The van der Waals surface area contributed by atoms with Crippen LogP contribution in [0.25, 0.3) is 0 Å². The largest absolute Gasteiger partial charge is 0.413 e. The van der Waals surface area contributed by atoms with Crippen molar-refractivity contribution in [2.75, 3.05) is 0 Å². The van der Waals surface area contributed by atoms with Crippen molar-refractivity contribution in [3.8, 4) is 0 Å². The van der Waals surface area contributed by atoms with Gasteiger partial charge in [-0.05, 0) is 48.7 Å². The Morgan fingerprint density at radius 2 is 1.58 bits per heavy atom. The summed E-state index contributed by atoms with van der Waals surface area (Å²) in [6.07, 6.45) is 2.99. The van der Waals surface area contributed by atoms with E-state index in [1.54, 1.807) is 0 Å². The highest BCUT2D eigenvalue weighted by Crippen LogP contribution is 3.02. The molecule has 26 heavy (non-hydrogen) atoms. The Balaban J connectivity index is 2.37. The molecule has 0 amide bonds. The fraction of sp³-hybridized carbons (Fsp3) is 0.667. The summed E-state index contributed by atoms with van der Waals surface area (Å²) in [7, 11) is -11.8. The Morgan fingerprint density at radius 3 is 2.12 bits per heavy atom. The number of hydrogen-bond donors (Lipinski definition) is 0. The number of halogens is 5. The van der Waals surface area contributed by atoms with Crippen LogP contribution in [0.4, 0.5) is 19.4 Å². The highest BCUT2D eigenvalue weighted by atomic mass is 32.5. The molecule has 0 aliphatic heterocycles. The average Bonchev–Trinajstić information content (AvgIpc) is 2.44. The molecule has 0 heterocycles. The molecule has 1 aliphatic rings. The van der Waals surface area contributed by atoms with Crippen LogP contribution in [-0.4, -0.2) is 14.4 Å². The first-order valence-electron chi connectivity index (χ1n) is 8.93. The van der Waals surface area contributed by atoms with Crippen molar-refractivity contribution in [2.45, 2.75) is 81.5 Å². The van der Waals surface area contributed by atoms with Crippen LogP contribution >= 0.6 is 10.2 Å². The Kier molecular flexibility index (Phi) is 4.96. The number of hydrogen-bond acceptors (Lipinski definition) is 1. The van der Waals surface area contributed by atoms with Gasteiger partial charge in [-0.25, -0.2) is 0 Å². The lowest BCUT2D eigenvalue weighted by Crippen LogP contribution is -2.46. The first-order chi connectivity index (χ1) is 11.4. The summed E-state index contributed by atoms with van der Waals surface area (Å²) < 4.78 is 72.4. The lowest BCUT2D eigenvalue weighted by Gasteiger charge is -2.44. The molecule has 1 saturated carbocycles. The summed E-state index contributed by atoms with van der Waals surface area (Å²) in [6.45, 7) is 10.5. The van der Waals surface area contributed by atoms with Gasteiger partial charge in [0.1, 0.15) is 4.90 Å². The summed E-state index contributed by atoms with van der Waals surface area (Å²) in [6, 6.07) is 3.71. The highest BCUT2D eigenvalue weighted by Gasteiger charge is 2.65. The molecule has 0 bridgehead atoms. The van der Waals surface area contributed by atoms with Gasteiger partial charge in [0.15, 0.2) is 8.32 Å². The maximum absolute atomic E-state index is 13.2. The average molecular weight is 417 g/mol. The SMILES string of the molecule is CC(C)(C)[Si](C)(C)O[C@@H]1CCCC[C@H]1c1cccc(S(F)(F)(F)(F)F)c1. The van der Waals surface area contributed by atoms with Gasteiger partial charge in [-0.15, -0.1) is 0 Å². The van der Waals surface area contributed by atoms with Crippen LogP contribution in [-0.2, 0) is 4.43 Å². The zero-order chi connectivity index (χ0) is 20.1. The van der Waals surface area contributed by atoms with Crippen molar-refractivity contribution in [1.29, 1.82) is 0 Å². The molecule has 0 N–H and O–H groups in total. The second-order valence-corrected chi connectivity index (χ2v) is 16.0. The summed E-state index contributed by atoms with van der Waals surface area (Å²) in [5.74, 6) is -0.280. The summed E-state index contributed by atoms with van der Waals surface area (Å²) in [5.41, 5.74) is 0.305. The molecule has 2 atom stereocenters. The van der Waals surface area contributed by atoms with Gasteiger partial charge in [-0.3, -0.25) is 0 Å².